The monoisotopic (exact) mass is 370 g/mol. The normalized spacial score (nSPS) is 18.7. The Labute approximate surface area is 162 Å². The van der Waals surface area contributed by atoms with Crippen LogP contribution in [0.2, 0.25) is 0 Å². The van der Waals surface area contributed by atoms with Gasteiger partial charge in [0.05, 0.1) is 10.6 Å². The number of aromatic nitrogens is 1. The molecule has 0 radical (unpaired) electrons. The fraction of sp³-hybridized carbons (Fsp3) is 0.130. The SMILES string of the molecule is O=[N+]([O-])c1ccc([C@@H]2[NH2+][C@@H](c3ccccc3)Cc3c2[nH]c2ccccc32)cc1. The Morgan fingerprint density at radius 2 is 1.61 bits per heavy atom. The van der Waals surface area contributed by atoms with Crippen LogP contribution in [0.4, 0.5) is 5.69 Å². The van der Waals surface area contributed by atoms with Gasteiger partial charge in [-0.15, -0.1) is 0 Å². The quantitative estimate of drug-likeness (QED) is 0.422. The van der Waals surface area contributed by atoms with Crippen molar-refractivity contribution < 1.29 is 10.2 Å². The van der Waals surface area contributed by atoms with Gasteiger partial charge in [-0.05, 0) is 23.8 Å². The molecule has 0 bridgehead atoms. The number of hydrogen-bond acceptors (Lipinski definition) is 2. The molecule has 1 aliphatic rings. The number of nitro benzene ring substituents is 1. The van der Waals surface area contributed by atoms with E-state index in [1.165, 1.54) is 22.2 Å². The number of nitrogens with one attached hydrogen (secondary N) is 1. The van der Waals surface area contributed by atoms with E-state index >= 15 is 0 Å². The molecular formula is C23H20N3O2+. The molecule has 0 saturated heterocycles. The molecule has 138 valence electrons. The van der Waals surface area contributed by atoms with Crippen LogP contribution in [-0.2, 0) is 6.42 Å². The van der Waals surface area contributed by atoms with E-state index in [-0.39, 0.29) is 16.7 Å². The second-order valence-corrected chi connectivity index (χ2v) is 7.30. The topological polar surface area (TPSA) is 75.5 Å². The number of benzene rings is 3. The van der Waals surface area contributed by atoms with Gasteiger partial charge in [0, 0.05) is 40.6 Å². The minimum absolute atomic E-state index is 0.0714. The molecule has 5 heteroatoms. The lowest BCUT2D eigenvalue weighted by molar-refractivity contribution is -0.730. The van der Waals surface area contributed by atoms with Crippen molar-refractivity contribution in [1.29, 1.82) is 0 Å². The summed E-state index contributed by atoms with van der Waals surface area (Å²) in [5.41, 5.74) is 6.17. The first-order valence-electron chi connectivity index (χ1n) is 9.44. The first kappa shape index (κ1) is 16.7. The van der Waals surface area contributed by atoms with Crippen LogP contribution in [0.25, 0.3) is 10.9 Å². The number of rotatable bonds is 3. The molecule has 5 nitrogen and oxygen atoms in total. The van der Waals surface area contributed by atoms with E-state index in [0.717, 1.165) is 17.5 Å². The lowest BCUT2D eigenvalue weighted by Gasteiger charge is -2.28. The van der Waals surface area contributed by atoms with Gasteiger partial charge in [0.2, 0.25) is 0 Å². The average molecular weight is 370 g/mol. The van der Waals surface area contributed by atoms with E-state index < -0.39 is 0 Å². The van der Waals surface area contributed by atoms with Gasteiger partial charge in [0.1, 0.15) is 6.04 Å². The summed E-state index contributed by atoms with van der Waals surface area (Å²) < 4.78 is 0. The number of fused-ring (bicyclic) bond motifs is 3. The molecule has 0 aliphatic carbocycles. The van der Waals surface area contributed by atoms with Crippen LogP contribution in [0.15, 0.2) is 78.9 Å². The lowest BCUT2D eigenvalue weighted by Crippen LogP contribution is -2.88. The number of aromatic amines is 1. The van der Waals surface area contributed by atoms with E-state index in [9.17, 15) is 10.1 Å². The smallest absolute Gasteiger partial charge is 0.269 e. The Bertz CT molecular complexity index is 1150. The van der Waals surface area contributed by atoms with Crippen molar-refractivity contribution in [2.45, 2.75) is 18.5 Å². The number of para-hydroxylation sites is 1. The van der Waals surface area contributed by atoms with Crippen molar-refractivity contribution in [3.63, 3.8) is 0 Å². The fourth-order valence-corrected chi connectivity index (χ4v) is 4.33. The highest BCUT2D eigenvalue weighted by Gasteiger charge is 2.34. The summed E-state index contributed by atoms with van der Waals surface area (Å²) in [7, 11) is 0. The van der Waals surface area contributed by atoms with E-state index in [4.69, 9.17) is 0 Å². The molecule has 5 rings (SSSR count). The number of H-pyrrole nitrogens is 1. The first-order chi connectivity index (χ1) is 13.7. The average Bonchev–Trinajstić information content (AvgIpc) is 3.12. The highest BCUT2D eigenvalue weighted by atomic mass is 16.6. The zero-order valence-electron chi connectivity index (χ0n) is 15.2. The Morgan fingerprint density at radius 1 is 0.893 bits per heavy atom. The highest BCUT2D eigenvalue weighted by molar-refractivity contribution is 5.85. The summed E-state index contributed by atoms with van der Waals surface area (Å²) in [5.74, 6) is 0. The fourth-order valence-electron chi connectivity index (χ4n) is 4.33. The molecule has 2 heterocycles. The van der Waals surface area contributed by atoms with Gasteiger partial charge in [-0.2, -0.15) is 0 Å². The summed E-state index contributed by atoms with van der Waals surface area (Å²) >= 11 is 0. The molecule has 0 saturated carbocycles. The van der Waals surface area contributed by atoms with Gasteiger partial charge in [-0.25, -0.2) is 0 Å². The molecule has 28 heavy (non-hydrogen) atoms. The van der Waals surface area contributed by atoms with Gasteiger partial charge in [-0.3, -0.25) is 10.1 Å². The van der Waals surface area contributed by atoms with Gasteiger partial charge in [0.15, 0.2) is 6.04 Å². The number of nitrogens with two attached hydrogens (primary N) is 1. The Balaban J connectivity index is 1.64. The largest absolute Gasteiger partial charge is 0.353 e. The first-order valence-corrected chi connectivity index (χ1v) is 9.44. The highest BCUT2D eigenvalue weighted by Crippen LogP contribution is 2.35. The predicted octanol–water partition coefficient (Wildman–Crippen LogP) is 4.03. The number of non-ortho nitro benzene ring substituents is 1. The summed E-state index contributed by atoms with van der Waals surface area (Å²) in [4.78, 5) is 14.3. The maximum absolute atomic E-state index is 11.0. The molecule has 0 fully saturated rings. The van der Waals surface area contributed by atoms with Crippen LogP contribution >= 0.6 is 0 Å². The number of quaternary nitrogens is 1. The van der Waals surface area contributed by atoms with Gasteiger partial charge in [0.25, 0.3) is 5.69 Å². The van der Waals surface area contributed by atoms with Crippen molar-refractivity contribution in [3.05, 3.63) is 111 Å². The molecule has 0 unspecified atom stereocenters. The van der Waals surface area contributed by atoms with Gasteiger partial charge in [-0.1, -0.05) is 48.5 Å². The number of hydrogen-bond donors (Lipinski definition) is 2. The van der Waals surface area contributed by atoms with Gasteiger partial charge < -0.3 is 10.3 Å². The molecule has 4 aromatic rings. The zero-order valence-corrected chi connectivity index (χ0v) is 15.2. The molecule has 1 aromatic heterocycles. The third-order valence-corrected chi connectivity index (χ3v) is 5.70. The molecule has 2 atom stereocenters. The van der Waals surface area contributed by atoms with E-state index in [2.05, 4.69) is 52.8 Å². The van der Waals surface area contributed by atoms with Crippen LogP contribution in [0.5, 0.6) is 0 Å². The van der Waals surface area contributed by atoms with Crippen molar-refractivity contribution >= 4 is 16.6 Å². The van der Waals surface area contributed by atoms with Crippen molar-refractivity contribution in [2.75, 3.05) is 0 Å². The van der Waals surface area contributed by atoms with Crippen LogP contribution in [0, 0.1) is 10.1 Å². The predicted molar refractivity (Wildman–Crippen MR) is 108 cm³/mol. The third-order valence-electron chi connectivity index (χ3n) is 5.70. The summed E-state index contributed by atoms with van der Waals surface area (Å²) in [6, 6.07) is 26.3. The molecule has 3 aromatic carbocycles. The standard InChI is InChI=1S/C23H19N3O2/c27-26(28)17-12-10-16(11-13-17)22-23-19(18-8-4-5-9-20(18)24-23)14-21(25-22)15-6-2-1-3-7-15/h1-13,21-22,24-25H,14H2/p+1/t21-,22+/m1/s1. The summed E-state index contributed by atoms with van der Waals surface area (Å²) in [6.45, 7) is 0. The van der Waals surface area contributed by atoms with Crippen LogP contribution in [-0.4, -0.2) is 9.91 Å². The van der Waals surface area contributed by atoms with Crippen LogP contribution < -0.4 is 5.32 Å². The Hall–Kier alpha value is -3.44. The van der Waals surface area contributed by atoms with E-state index in [0.29, 0.717) is 6.04 Å². The molecular weight excluding hydrogens is 350 g/mol. The second kappa shape index (κ2) is 6.62. The Kier molecular flexibility index (Phi) is 3.95. The second-order valence-electron chi connectivity index (χ2n) is 7.30. The van der Waals surface area contributed by atoms with E-state index in [1.807, 2.05) is 24.3 Å². The zero-order chi connectivity index (χ0) is 19.1. The minimum atomic E-state index is -0.352. The third kappa shape index (κ3) is 2.77. The molecule has 3 N–H and O–H groups in total. The minimum Gasteiger partial charge on any atom is -0.353 e. The maximum atomic E-state index is 11.0. The summed E-state index contributed by atoms with van der Waals surface area (Å²) in [5, 5.41) is 14.7. The van der Waals surface area contributed by atoms with Gasteiger partial charge >= 0.3 is 0 Å². The molecule has 0 amide bonds. The summed E-state index contributed by atoms with van der Waals surface area (Å²) in [6.07, 6.45) is 0.951. The van der Waals surface area contributed by atoms with Crippen LogP contribution in [0.1, 0.15) is 34.5 Å². The molecule has 0 spiro atoms. The lowest BCUT2D eigenvalue weighted by atomic mass is 9.87. The van der Waals surface area contributed by atoms with Crippen LogP contribution in [0.3, 0.4) is 0 Å². The van der Waals surface area contributed by atoms with Crippen molar-refractivity contribution in [3.8, 4) is 0 Å². The van der Waals surface area contributed by atoms with Crippen molar-refractivity contribution in [1.82, 2.24) is 4.98 Å². The maximum Gasteiger partial charge on any atom is 0.269 e. The molecule has 1 aliphatic heterocycles. The Morgan fingerprint density at radius 3 is 2.36 bits per heavy atom. The number of nitro groups is 1. The number of nitrogens with zero attached hydrogens (tertiary/aromatic N) is 1. The van der Waals surface area contributed by atoms with E-state index in [1.54, 1.807) is 12.1 Å². The van der Waals surface area contributed by atoms with Crippen molar-refractivity contribution in [2.24, 2.45) is 0 Å².